The van der Waals surface area contributed by atoms with Crippen LogP contribution in [0.3, 0.4) is 0 Å². The Hall–Kier alpha value is -0.200. The first-order valence-electron chi connectivity index (χ1n) is 8.38. The van der Waals surface area contributed by atoms with Crippen molar-refractivity contribution in [1.29, 1.82) is 0 Å². The number of ether oxygens (including phenoxy) is 3. The molecule has 2 N–H and O–H groups in total. The van der Waals surface area contributed by atoms with Crippen LogP contribution in [0, 0.1) is 5.41 Å². The van der Waals surface area contributed by atoms with Gasteiger partial charge in [0.2, 0.25) is 0 Å². The maximum atomic E-state index is 9.58. The van der Waals surface area contributed by atoms with Gasteiger partial charge in [0.1, 0.15) is 0 Å². The first-order valence-corrected chi connectivity index (χ1v) is 8.38. The largest absolute Gasteiger partial charge is 0.396 e. The molecule has 0 aliphatic carbocycles. The van der Waals surface area contributed by atoms with Gasteiger partial charge in [-0.1, -0.05) is 13.3 Å². The Kier molecular flexibility index (Phi) is 11.1. The van der Waals surface area contributed by atoms with E-state index in [2.05, 4.69) is 12.2 Å². The Morgan fingerprint density at radius 3 is 2.05 bits per heavy atom. The normalized spacial score (nSPS) is 18.0. The molecule has 0 aromatic rings. The molecule has 1 fully saturated rings. The van der Waals surface area contributed by atoms with Crippen LogP contribution in [0.15, 0.2) is 0 Å². The van der Waals surface area contributed by atoms with E-state index in [9.17, 15) is 5.11 Å². The van der Waals surface area contributed by atoms with E-state index in [-0.39, 0.29) is 12.0 Å². The van der Waals surface area contributed by atoms with Crippen LogP contribution in [0.4, 0.5) is 0 Å². The molecule has 0 unspecified atom stereocenters. The van der Waals surface area contributed by atoms with Gasteiger partial charge in [-0.05, 0) is 44.2 Å². The van der Waals surface area contributed by atoms with Crippen molar-refractivity contribution < 1.29 is 19.3 Å². The minimum atomic E-state index is 0.0687. The Labute approximate surface area is 129 Å². The van der Waals surface area contributed by atoms with E-state index in [1.54, 1.807) is 0 Å². The molecule has 0 spiro atoms. The molecule has 0 bridgehead atoms. The molecule has 0 aromatic heterocycles. The van der Waals surface area contributed by atoms with Gasteiger partial charge in [-0.3, -0.25) is 0 Å². The fourth-order valence-electron chi connectivity index (χ4n) is 2.52. The molecule has 1 aliphatic heterocycles. The van der Waals surface area contributed by atoms with E-state index < -0.39 is 0 Å². The molecule has 0 amide bonds. The quantitative estimate of drug-likeness (QED) is 0.506. The zero-order chi connectivity index (χ0) is 15.2. The number of aliphatic hydroxyl groups excluding tert-OH is 1. The standard InChI is InChI=1S/C16H33NO4/c1-2-3-9-19-11-13-21-14-12-20-10-6-16(15-18)4-7-17-8-5-16/h17-18H,2-15H2,1H3. The lowest BCUT2D eigenvalue weighted by Crippen LogP contribution is -2.40. The minimum absolute atomic E-state index is 0.0687. The van der Waals surface area contributed by atoms with Crippen molar-refractivity contribution in [3.05, 3.63) is 0 Å². The molecule has 1 saturated heterocycles. The van der Waals surface area contributed by atoms with Crippen molar-refractivity contribution in [2.24, 2.45) is 5.41 Å². The van der Waals surface area contributed by atoms with Crippen LogP contribution in [0.25, 0.3) is 0 Å². The number of hydrogen-bond donors (Lipinski definition) is 2. The van der Waals surface area contributed by atoms with Crippen molar-refractivity contribution in [2.45, 2.75) is 39.0 Å². The highest BCUT2D eigenvalue weighted by atomic mass is 16.5. The Balaban J connectivity index is 1.87. The third kappa shape index (κ3) is 8.73. The summed E-state index contributed by atoms with van der Waals surface area (Å²) < 4.78 is 16.5. The van der Waals surface area contributed by atoms with Crippen LogP contribution >= 0.6 is 0 Å². The average Bonchev–Trinajstić information content (AvgIpc) is 2.53. The van der Waals surface area contributed by atoms with Crippen LogP contribution in [-0.2, 0) is 14.2 Å². The molecule has 21 heavy (non-hydrogen) atoms. The molecule has 5 heteroatoms. The van der Waals surface area contributed by atoms with Gasteiger partial charge in [-0.2, -0.15) is 0 Å². The van der Waals surface area contributed by atoms with Crippen molar-refractivity contribution in [2.75, 3.05) is 59.3 Å². The fourth-order valence-corrected chi connectivity index (χ4v) is 2.52. The summed E-state index contributed by atoms with van der Waals surface area (Å²) in [5.74, 6) is 0. The fraction of sp³-hybridized carbons (Fsp3) is 1.00. The van der Waals surface area contributed by atoms with Crippen LogP contribution in [0.1, 0.15) is 39.0 Å². The topological polar surface area (TPSA) is 60.0 Å². The molecule has 0 saturated carbocycles. The molecule has 0 atom stereocenters. The monoisotopic (exact) mass is 303 g/mol. The minimum Gasteiger partial charge on any atom is -0.396 e. The molecule has 1 heterocycles. The van der Waals surface area contributed by atoms with Gasteiger partial charge in [0, 0.05) is 19.8 Å². The number of piperidine rings is 1. The van der Waals surface area contributed by atoms with Gasteiger partial charge in [-0.25, -0.2) is 0 Å². The van der Waals surface area contributed by atoms with Gasteiger partial charge < -0.3 is 24.6 Å². The lowest BCUT2D eigenvalue weighted by molar-refractivity contribution is -0.00222. The maximum Gasteiger partial charge on any atom is 0.0701 e. The predicted molar refractivity (Wildman–Crippen MR) is 83.6 cm³/mol. The number of unbranched alkanes of at least 4 members (excludes halogenated alkanes) is 1. The number of aliphatic hydroxyl groups is 1. The third-order valence-electron chi connectivity index (χ3n) is 4.16. The van der Waals surface area contributed by atoms with E-state index in [0.29, 0.717) is 33.0 Å². The molecule has 0 aromatic carbocycles. The summed E-state index contributed by atoms with van der Waals surface area (Å²) in [5, 5.41) is 12.9. The highest BCUT2D eigenvalue weighted by Gasteiger charge is 2.30. The van der Waals surface area contributed by atoms with Crippen LogP contribution in [0.5, 0.6) is 0 Å². The summed E-state index contributed by atoms with van der Waals surface area (Å²) in [6.45, 7) is 8.50. The number of nitrogens with one attached hydrogen (secondary N) is 1. The van der Waals surface area contributed by atoms with Gasteiger partial charge in [-0.15, -0.1) is 0 Å². The number of rotatable bonds is 13. The lowest BCUT2D eigenvalue weighted by Gasteiger charge is -2.35. The maximum absolute atomic E-state index is 9.58. The van der Waals surface area contributed by atoms with E-state index in [1.165, 1.54) is 6.42 Å². The van der Waals surface area contributed by atoms with Crippen LogP contribution in [0.2, 0.25) is 0 Å². The van der Waals surface area contributed by atoms with Crippen molar-refractivity contribution in [3.63, 3.8) is 0 Å². The zero-order valence-electron chi connectivity index (χ0n) is 13.6. The van der Waals surface area contributed by atoms with Gasteiger partial charge in [0.25, 0.3) is 0 Å². The summed E-state index contributed by atoms with van der Waals surface area (Å²) in [6.07, 6.45) is 5.30. The van der Waals surface area contributed by atoms with Crippen molar-refractivity contribution in [1.82, 2.24) is 5.32 Å². The summed E-state index contributed by atoms with van der Waals surface area (Å²) in [5.41, 5.74) is 0.0687. The van der Waals surface area contributed by atoms with E-state index in [1.807, 2.05) is 0 Å². The van der Waals surface area contributed by atoms with Crippen LogP contribution < -0.4 is 5.32 Å². The second-order valence-electron chi connectivity index (χ2n) is 5.85. The first kappa shape index (κ1) is 18.8. The second kappa shape index (κ2) is 12.4. The van der Waals surface area contributed by atoms with Gasteiger partial charge >= 0.3 is 0 Å². The summed E-state index contributed by atoms with van der Waals surface area (Å²) in [6, 6.07) is 0. The Bertz CT molecular complexity index is 232. The Morgan fingerprint density at radius 1 is 0.905 bits per heavy atom. The highest BCUT2D eigenvalue weighted by Crippen LogP contribution is 2.31. The van der Waals surface area contributed by atoms with E-state index >= 15 is 0 Å². The summed E-state index contributed by atoms with van der Waals surface area (Å²) in [4.78, 5) is 0. The molecule has 1 rings (SSSR count). The molecular weight excluding hydrogens is 270 g/mol. The SMILES string of the molecule is CCCCOCCOCCOCCC1(CO)CCNCC1. The lowest BCUT2D eigenvalue weighted by atomic mass is 9.77. The predicted octanol–water partition coefficient (Wildman–Crippen LogP) is 1.59. The third-order valence-corrected chi connectivity index (χ3v) is 4.16. The van der Waals surface area contributed by atoms with Gasteiger partial charge in [0.15, 0.2) is 0 Å². The Morgan fingerprint density at radius 2 is 1.48 bits per heavy atom. The summed E-state index contributed by atoms with van der Waals surface area (Å²) >= 11 is 0. The molecule has 1 aliphatic rings. The molecule has 0 radical (unpaired) electrons. The van der Waals surface area contributed by atoms with E-state index in [4.69, 9.17) is 14.2 Å². The second-order valence-corrected chi connectivity index (χ2v) is 5.85. The first-order chi connectivity index (χ1) is 10.3. The average molecular weight is 303 g/mol. The van der Waals surface area contributed by atoms with Crippen molar-refractivity contribution in [3.8, 4) is 0 Å². The molecule has 5 nitrogen and oxygen atoms in total. The molecular formula is C16H33NO4. The van der Waals surface area contributed by atoms with E-state index in [0.717, 1.165) is 45.4 Å². The van der Waals surface area contributed by atoms with Gasteiger partial charge in [0.05, 0.1) is 26.4 Å². The summed E-state index contributed by atoms with van der Waals surface area (Å²) in [7, 11) is 0. The van der Waals surface area contributed by atoms with Crippen LogP contribution in [-0.4, -0.2) is 64.4 Å². The smallest absolute Gasteiger partial charge is 0.0701 e. The number of hydrogen-bond acceptors (Lipinski definition) is 5. The molecule has 126 valence electrons. The van der Waals surface area contributed by atoms with Crippen molar-refractivity contribution >= 4 is 0 Å². The zero-order valence-corrected chi connectivity index (χ0v) is 13.6. The highest BCUT2D eigenvalue weighted by molar-refractivity contribution is 4.83.